The molecule has 0 aliphatic carbocycles. The van der Waals surface area contributed by atoms with Crippen molar-refractivity contribution in [2.24, 2.45) is 0 Å². The molecule has 1 heterocycles. The number of urea groups is 2. The first-order chi connectivity index (χ1) is 16.8. The number of nitrogens with zero attached hydrogens (tertiary/aromatic N) is 1. The molecule has 0 spiro atoms. The zero-order valence-corrected chi connectivity index (χ0v) is 20.3. The van der Waals surface area contributed by atoms with Crippen LogP contribution < -0.4 is 15.4 Å². The highest BCUT2D eigenvalue weighted by molar-refractivity contribution is 7.90. The smallest absolute Gasteiger partial charge is 0.331 e. The van der Waals surface area contributed by atoms with Gasteiger partial charge in [-0.1, -0.05) is 54.1 Å². The van der Waals surface area contributed by atoms with E-state index in [1.165, 1.54) is 17.0 Å². The van der Waals surface area contributed by atoms with Crippen LogP contribution in [0.25, 0.3) is 0 Å². The zero-order valence-electron chi connectivity index (χ0n) is 19.5. The summed E-state index contributed by atoms with van der Waals surface area (Å²) in [5.41, 5.74) is 4.68. The largest absolute Gasteiger partial charge is 0.334 e. The summed E-state index contributed by atoms with van der Waals surface area (Å²) < 4.78 is 27.3. The molecule has 0 atom stereocenters. The van der Waals surface area contributed by atoms with E-state index in [1.54, 1.807) is 12.1 Å². The number of benzene rings is 3. The van der Waals surface area contributed by atoms with Gasteiger partial charge >= 0.3 is 12.1 Å². The van der Waals surface area contributed by atoms with Gasteiger partial charge in [-0.05, 0) is 60.7 Å². The van der Waals surface area contributed by atoms with Gasteiger partial charge < -0.3 is 15.5 Å². The second-order valence-corrected chi connectivity index (χ2v) is 10.2. The molecule has 0 unspecified atom stereocenters. The minimum absolute atomic E-state index is 0.0517. The molecule has 182 valence electrons. The minimum atomic E-state index is -3.95. The Hall–Kier alpha value is -3.85. The first kappa shape index (κ1) is 24.3. The van der Waals surface area contributed by atoms with Crippen molar-refractivity contribution in [2.45, 2.75) is 31.2 Å². The average molecular weight is 493 g/mol. The number of carbonyl (C=O) groups is 2. The van der Waals surface area contributed by atoms with Gasteiger partial charge in [-0.3, -0.25) is 0 Å². The van der Waals surface area contributed by atoms with Crippen LogP contribution in [0.4, 0.5) is 15.3 Å². The highest BCUT2D eigenvalue weighted by Gasteiger charge is 2.24. The number of amides is 4. The van der Waals surface area contributed by atoms with Gasteiger partial charge in [0, 0.05) is 25.3 Å². The van der Waals surface area contributed by atoms with E-state index in [-0.39, 0.29) is 10.9 Å². The van der Waals surface area contributed by atoms with Crippen LogP contribution in [0.15, 0.2) is 77.7 Å². The molecule has 4 amide bonds. The lowest BCUT2D eigenvalue weighted by Crippen LogP contribution is -2.43. The molecule has 0 saturated carbocycles. The van der Waals surface area contributed by atoms with Gasteiger partial charge in [0.1, 0.15) is 0 Å². The molecule has 3 aromatic carbocycles. The number of anilines is 1. The third kappa shape index (κ3) is 6.39. The van der Waals surface area contributed by atoms with Crippen molar-refractivity contribution in [3.63, 3.8) is 0 Å². The predicted molar refractivity (Wildman–Crippen MR) is 135 cm³/mol. The number of hydrogen-bond acceptors (Lipinski definition) is 4. The van der Waals surface area contributed by atoms with E-state index in [1.807, 2.05) is 55.5 Å². The number of carbonyl (C=O) groups excluding carboxylic acids is 2. The van der Waals surface area contributed by atoms with E-state index < -0.39 is 16.1 Å². The molecule has 0 bridgehead atoms. The number of aryl methyl sites for hydroxylation is 1. The van der Waals surface area contributed by atoms with Gasteiger partial charge in [0.25, 0.3) is 10.0 Å². The van der Waals surface area contributed by atoms with Crippen LogP contribution >= 0.6 is 0 Å². The molecule has 8 nitrogen and oxygen atoms in total. The standard InChI is InChI=1S/C26H28N4O4S/c1-19-7-11-24(12-8-19)35(33,34)29-26(32)30-15-13-21-9-10-23(17-22(21)14-16-30)28-25(31)27-18-20-5-3-2-4-6-20/h2-12,17H,13-16,18H2,1H3,(H,29,32)(H2,27,28,31). The lowest BCUT2D eigenvalue weighted by Gasteiger charge is -2.20. The number of rotatable bonds is 5. The van der Waals surface area contributed by atoms with Crippen LogP contribution in [-0.4, -0.2) is 38.5 Å². The van der Waals surface area contributed by atoms with Gasteiger partial charge in [0.2, 0.25) is 0 Å². The van der Waals surface area contributed by atoms with Crippen molar-refractivity contribution >= 4 is 27.8 Å². The third-order valence-electron chi connectivity index (χ3n) is 5.90. The topological polar surface area (TPSA) is 108 Å². The van der Waals surface area contributed by atoms with Crippen LogP contribution in [0.1, 0.15) is 22.3 Å². The van der Waals surface area contributed by atoms with E-state index in [4.69, 9.17) is 0 Å². The Bertz CT molecular complexity index is 1310. The Balaban J connectivity index is 1.34. The number of hydrogen-bond donors (Lipinski definition) is 3. The fourth-order valence-electron chi connectivity index (χ4n) is 3.92. The van der Waals surface area contributed by atoms with Crippen LogP contribution in [0.3, 0.4) is 0 Å². The fourth-order valence-corrected chi connectivity index (χ4v) is 4.89. The normalized spacial score (nSPS) is 13.3. The molecule has 3 aromatic rings. The molecule has 9 heteroatoms. The summed E-state index contributed by atoms with van der Waals surface area (Å²) >= 11 is 0. The van der Waals surface area contributed by atoms with Crippen molar-refractivity contribution in [1.82, 2.24) is 14.9 Å². The Labute approximate surface area is 205 Å². The molecule has 0 radical (unpaired) electrons. The lowest BCUT2D eigenvalue weighted by atomic mass is 10.0. The average Bonchev–Trinajstić information content (AvgIpc) is 3.06. The Morgan fingerprint density at radius 1 is 0.886 bits per heavy atom. The van der Waals surface area contributed by atoms with Gasteiger partial charge in [-0.15, -0.1) is 0 Å². The van der Waals surface area contributed by atoms with Gasteiger partial charge in [0.05, 0.1) is 4.90 Å². The van der Waals surface area contributed by atoms with Crippen molar-refractivity contribution < 1.29 is 18.0 Å². The summed E-state index contributed by atoms with van der Waals surface area (Å²) in [6, 6.07) is 20.7. The molecule has 1 aliphatic rings. The molecule has 1 aliphatic heterocycles. The summed E-state index contributed by atoms with van der Waals surface area (Å²) in [5.74, 6) is 0. The summed E-state index contributed by atoms with van der Waals surface area (Å²) in [4.78, 5) is 26.6. The second-order valence-electron chi connectivity index (χ2n) is 8.49. The van der Waals surface area contributed by atoms with Crippen LogP contribution in [0.5, 0.6) is 0 Å². The SMILES string of the molecule is Cc1ccc(S(=O)(=O)NC(=O)N2CCc3ccc(NC(=O)NCc4ccccc4)cc3CC2)cc1. The quantitative estimate of drug-likeness (QED) is 0.503. The molecular formula is C26H28N4O4S. The van der Waals surface area contributed by atoms with Crippen LogP contribution in [0, 0.1) is 6.92 Å². The Kier molecular flexibility index (Phi) is 7.36. The molecule has 35 heavy (non-hydrogen) atoms. The number of nitrogens with one attached hydrogen (secondary N) is 3. The summed E-state index contributed by atoms with van der Waals surface area (Å²) in [5, 5.41) is 5.68. The maximum absolute atomic E-state index is 12.7. The van der Waals surface area contributed by atoms with Crippen molar-refractivity contribution in [3.8, 4) is 0 Å². The first-order valence-corrected chi connectivity index (χ1v) is 12.9. The van der Waals surface area contributed by atoms with E-state index in [0.29, 0.717) is 38.2 Å². The maximum Gasteiger partial charge on any atom is 0.331 e. The van der Waals surface area contributed by atoms with E-state index in [0.717, 1.165) is 22.3 Å². The molecule has 3 N–H and O–H groups in total. The van der Waals surface area contributed by atoms with Crippen molar-refractivity contribution in [3.05, 3.63) is 95.1 Å². The molecule has 0 aromatic heterocycles. The molecule has 0 saturated heterocycles. The second kappa shape index (κ2) is 10.6. The maximum atomic E-state index is 12.7. The van der Waals surface area contributed by atoms with Gasteiger partial charge in [-0.25, -0.2) is 22.7 Å². The monoisotopic (exact) mass is 492 g/mol. The first-order valence-electron chi connectivity index (χ1n) is 11.4. The highest BCUT2D eigenvalue weighted by Crippen LogP contribution is 2.21. The van der Waals surface area contributed by atoms with Crippen LogP contribution in [-0.2, 0) is 29.4 Å². The van der Waals surface area contributed by atoms with Gasteiger partial charge in [-0.2, -0.15) is 0 Å². The van der Waals surface area contributed by atoms with Crippen molar-refractivity contribution in [2.75, 3.05) is 18.4 Å². The minimum Gasteiger partial charge on any atom is -0.334 e. The molecular weight excluding hydrogens is 464 g/mol. The van der Waals surface area contributed by atoms with E-state index in [9.17, 15) is 18.0 Å². The van der Waals surface area contributed by atoms with Gasteiger partial charge in [0.15, 0.2) is 0 Å². The number of sulfonamides is 1. The summed E-state index contributed by atoms with van der Waals surface area (Å²) in [6.45, 7) is 3.05. The zero-order chi connectivity index (χ0) is 24.8. The molecule has 4 rings (SSSR count). The number of fused-ring (bicyclic) bond motifs is 1. The third-order valence-corrected chi connectivity index (χ3v) is 7.24. The summed E-state index contributed by atoms with van der Waals surface area (Å²) in [7, 11) is -3.95. The van der Waals surface area contributed by atoms with Crippen LogP contribution in [0.2, 0.25) is 0 Å². The molecule has 0 fully saturated rings. The Morgan fingerprint density at radius 3 is 2.29 bits per heavy atom. The lowest BCUT2D eigenvalue weighted by molar-refractivity contribution is 0.206. The van der Waals surface area contributed by atoms with Crippen molar-refractivity contribution in [1.29, 1.82) is 0 Å². The summed E-state index contributed by atoms with van der Waals surface area (Å²) in [6.07, 6.45) is 1.14. The predicted octanol–water partition coefficient (Wildman–Crippen LogP) is 3.82. The van der Waals surface area contributed by atoms with E-state index in [2.05, 4.69) is 15.4 Å². The van der Waals surface area contributed by atoms with E-state index >= 15 is 0 Å². The fraction of sp³-hybridized carbons (Fsp3) is 0.231. The highest BCUT2D eigenvalue weighted by atomic mass is 32.2. The Morgan fingerprint density at radius 2 is 1.57 bits per heavy atom.